The van der Waals surface area contributed by atoms with Gasteiger partial charge >= 0.3 is 0 Å². The van der Waals surface area contributed by atoms with Gasteiger partial charge in [-0.3, -0.25) is 9.69 Å². The number of amides is 1. The molecule has 1 aliphatic carbocycles. The van der Waals surface area contributed by atoms with Crippen LogP contribution in [0, 0.1) is 5.41 Å². The van der Waals surface area contributed by atoms with E-state index in [1.807, 2.05) is 0 Å². The van der Waals surface area contributed by atoms with Crippen molar-refractivity contribution in [2.45, 2.75) is 63.5 Å². The first-order chi connectivity index (χ1) is 10.2. The van der Waals surface area contributed by atoms with Crippen LogP contribution in [-0.4, -0.2) is 47.0 Å². The van der Waals surface area contributed by atoms with Crippen molar-refractivity contribution in [3.05, 3.63) is 0 Å². The van der Waals surface area contributed by atoms with Gasteiger partial charge in [-0.15, -0.1) is 0 Å². The summed E-state index contributed by atoms with van der Waals surface area (Å²) >= 11 is 0. The molecule has 1 saturated carbocycles. The first-order valence-electron chi connectivity index (χ1n) is 8.20. The highest BCUT2D eigenvalue weighted by Gasteiger charge is 2.47. The molecule has 0 aromatic rings. The van der Waals surface area contributed by atoms with Crippen molar-refractivity contribution in [2.24, 2.45) is 16.3 Å². The van der Waals surface area contributed by atoms with Gasteiger partial charge in [0.05, 0.1) is 0 Å². The number of piperidine rings is 1. The summed E-state index contributed by atoms with van der Waals surface area (Å²) in [6, 6.07) is 0.704. The summed E-state index contributed by atoms with van der Waals surface area (Å²) in [4.78, 5) is 15.3. The van der Waals surface area contributed by atoms with Crippen LogP contribution in [0.25, 0.3) is 0 Å². The molecule has 0 bridgehead atoms. The zero-order valence-electron chi connectivity index (χ0n) is 12.6. The molecule has 2 atom stereocenters. The van der Waals surface area contributed by atoms with Gasteiger partial charge in [0.15, 0.2) is 5.84 Å². The third-order valence-corrected chi connectivity index (χ3v) is 5.66. The molecule has 1 amide bonds. The first kappa shape index (κ1) is 14.6. The number of hydrogen-bond donors (Lipinski definition) is 3. The third-order valence-electron chi connectivity index (χ3n) is 5.66. The van der Waals surface area contributed by atoms with Crippen LogP contribution in [-0.2, 0) is 4.79 Å². The molecular formula is C15H26N4O2. The van der Waals surface area contributed by atoms with Crippen LogP contribution in [0.5, 0.6) is 0 Å². The van der Waals surface area contributed by atoms with Crippen LogP contribution in [0.15, 0.2) is 5.16 Å². The zero-order chi connectivity index (χ0) is 14.9. The molecule has 0 aromatic heterocycles. The van der Waals surface area contributed by atoms with Crippen molar-refractivity contribution in [3.63, 3.8) is 0 Å². The minimum Gasteiger partial charge on any atom is -0.409 e. The zero-order valence-corrected chi connectivity index (χ0v) is 12.6. The average molecular weight is 294 g/mol. The minimum absolute atomic E-state index is 0.0345. The summed E-state index contributed by atoms with van der Waals surface area (Å²) in [6.07, 6.45) is 8.01. The van der Waals surface area contributed by atoms with E-state index in [4.69, 9.17) is 10.9 Å². The van der Waals surface area contributed by atoms with E-state index in [-0.39, 0.29) is 17.8 Å². The van der Waals surface area contributed by atoms with Crippen molar-refractivity contribution in [2.75, 3.05) is 13.1 Å². The number of carbonyl (C=O) groups excluding carboxylic acids is 1. The Balaban J connectivity index is 1.70. The van der Waals surface area contributed by atoms with Gasteiger partial charge in [0.25, 0.3) is 0 Å². The molecule has 3 rings (SSSR count). The van der Waals surface area contributed by atoms with E-state index < -0.39 is 5.41 Å². The lowest BCUT2D eigenvalue weighted by molar-refractivity contribution is -0.128. The molecule has 3 fully saturated rings. The summed E-state index contributed by atoms with van der Waals surface area (Å²) in [5.74, 6) is 0.0451. The van der Waals surface area contributed by atoms with Crippen LogP contribution >= 0.6 is 0 Å². The number of nitrogens with one attached hydrogen (secondary N) is 1. The summed E-state index contributed by atoms with van der Waals surface area (Å²) in [6.45, 7) is 2.23. The van der Waals surface area contributed by atoms with E-state index in [0.717, 1.165) is 32.4 Å². The predicted molar refractivity (Wildman–Crippen MR) is 80.1 cm³/mol. The normalized spacial score (nSPS) is 32.9. The molecule has 3 aliphatic rings. The van der Waals surface area contributed by atoms with Crippen LogP contribution < -0.4 is 11.1 Å². The molecule has 118 valence electrons. The van der Waals surface area contributed by atoms with Gasteiger partial charge in [-0.25, -0.2) is 0 Å². The number of rotatable bonds is 3. The van der Waals surface area contributed by atoms with Crippen LogP contribution in [0.2, 0.25) is 0 Å². The Hall–Kier alpha value is -1.30. The fraction of sp³-hybridized carbons (Fsp3) is 0.867. The second-order valence-corrected chi connectivity index (χ2v) is 6.74. The van der Waals surface area contributed by atoms with Crippen LogP contribution in [0.1, 0.15) is 51.4 Å². The highest BCUT2D eigenvalue weighted by atomic mass is 16.4. The molecule has 6 heteroatoms. The largest absolute Gasteiger partial charge is 0.409 e. The highest BCUT2D eigenvalue weighted by molar-refractivity contribution is 6.07. The monoisotopic (exact) mass is 294 g/mol. The fourth-order valence-electron chi connectivity index (χ4n) is 4.40. The average Bonchev–Trinajstić information content (AvgIpc) is 3.15. The molecular weight excluding hydrogens is 268 g/mol. The minimum atomic E-state index is -0.781. The fourth-order valence-corrected chi connectivity index (χ4v) is 4.40. The smallest absolute Gasteiger partial charge is 0.234 e. The number of oxime groups is 1. The molecule has 0 spiro atoms. The Labute approximate surface area is 125 Å². The summed E-state index contributed by atoms with van der Waals surface area (Å²) in [5.41, 5.74) is 5.07. The molecule has 21 heavy (non-hydrogen) atoms. The number of amidine groups is 1. The molecule has 2 saturated heterocycles. The van der Waals surface area contributed by atoms with E-state index in [0.29, 0.717) is 18.9 Å². The SMILES string of the molecule is NC(=NO)C1(C(=O)NC2CCN3CCCCC23)CCCC1. The number of nitrogens with two attached hydrogens (primary N) is 1. The number of fused-ring (bicyclic) bond motifs is 1. The van der Waals surface area contributed by atoms with Crippen LogP contribution in [0.3, 0.4) is 0 Å². The van der Waals surface area contributed by atoms with Gasteiger partial charge in [0.2, 0.25) is 5.91 Å². The standard InChI is InChI=1S/C15H26N4O2/c16-13(18-21)15(7-2-3-8-15)14(20)17-11-6-10-19-9-4-1-5-12(11)19/h11-12,21H,1-10H2,(H2,16,18)(H,17,20). The van der Waals surface area contributed by atoms with E-state index in [9.17, 15) is 4.79 Å². The molecule has 2 heterocycles. The maximum absolute atomic E-state index is 12.8. The number of carbonyl (C=O) groups is 1. The maximum Gasteiger partial charge on any atom is 0.234 e. The van der Waals surface area contributed by atoms with Crippen LogP contribution in [0.4, 0.5) is 0 Å². The molecule has 0 radical (unpaired) electrons. The molecule has 2 aliphatic heterocycles. The topological polar surface area (TPSA) is 91.0 Å². The number of nitrogens with zero attached hydrogens (tertiary/aromatic N) is 2. The van der Waals surface area contributed by atoms with E-state index in [1.165, 1.54) is 19.3 Å². The first-order valence-corrected chi connectivity index (χ1v) is 8.20. The second kappa shape index (κ2) is 5.83. The Kier molecular flexibility index (Phi) is 4.06. The Morgan fingerprint density at radius 3 is 2.67 bits per heavy atom. The van der Waals surface area contributed by atoms with E-state index in [2.05, 4.69) is 15.4 Å². The lowest BCUT2D eigenvalue weighted by Crippen LogP contribution is -2.54. The van der Waals surface area contributed by atoms with Gasteiger partial charge in [-0.2, -0.15) is 0 Å². The van der Waals surface area contributed by atoms with Gasteiger partial charge < -0.3 is 16.3 Å². The van der Waals surface area contributed by atoms with Gasteiger partial charge in [-0.05, 0) is 38.6 Å². The lowest BCUT2D eigenvalue weighted by atomic mass is 9.83. The van der Waals surface area contributed by atoms with E-state index >= 15 is 0 Å². The van der Waals surface area contributed by atoms with Crippen molar-refractivity contribution >= 4 is 11.7 Å². The summed E-state index contributed by atoms with van der Waals surface area (Å²) in [5, 5.41) is 15.4. The third kappa shape index (κ3) is 2.50. The summed E-state index contributed by atoms with van der Waals surface area (Å²) < 4.78 is 0. The van der Waals surface area contributed by atoms with Gasteiger partial charge in [0, 0.05) is 18.6 Å². The second-order valence-electron chi connectivity index (χ2n) is 6.74. The van der Waals surface area contributed by atoms with Gasteiger partial charge in [-0.1, -0.05) is 24.4 Å². The van der Waals surface area contributed by atoms with E-state index in [1.54, 1.807) is 0 Å². The van der Waals surface area contributed by atoms with Crippen molar-refractivity contribution in [1.82, 2.24) is 10.2 Å². The summed E-state index contributed by atoms with van der Waals surface area (Å²) in [7, 11) is 0. The van der Waals surface area contributed by atoms with Gasteiger partial charge in [0.1, 0.15) is 5.41 Å². The van der Waals surface area contributed by atoms with Crippen molar-refractivity contribution < 1.29 is 10.0 Å². The lowest BCUT2D eigenvalue weighted by Gasteiger charge is -2.34. The Morgan fingerprint density at radius 1 is 1.19 bits per heavy atom. The molecule has 4 N–H and O–H groups in total. The Morgan fingerprint density at radius 2 is 1.95 bits per heavy atom. The van der Waals surface area contributed by atoms with Crippen molar-refractivity contribution in [3.8, 4) is 0 Å². The predicted octanol–water partition coefficient (Wildman–Crippen LogP) is 1.04. The number of hydrogen-bond acceptors (Lipinski definition) is 4. The quantitative estimate of drug-likeness (QED) is 0.314. The molecule has 2 unspecified atom stereocenters. The maximum atomic E-state index is 12.8. The van der Waals surface area contributed by atoms with Crippen molar-refractivity contribution in [1.29, 1.82) is 0 Å². The molecule has 6 nitrogen and oxygen atoms in total. The Bertz CT molecular complexity index is 431. The molecule has 0 aromatic carbocycles. The highest BCUT2D eigenvalue weighted by Crippen LogP contribution is 2.39.